The van der Waals surface area contributed by atoms with Gasteiger partial charge < -0.3 is 15.5 Å². The topological polar surface area (TPSA) is 66.6 Å². The number of rotatable bonds is 2. The number of hydrogen-bond acceptors (Lipinski definition) is 3. The fraction of sp³-hybridized carbons (Fsp3) is 0.385. The van der Waals surface area contributed by atoms with Gasteiger partial charge in [-0.2, -0.15) is 0 Å². The van der Waals surface area contributed by atoms with Gasteiger partial charge in [0.05, 0.1) is 0 Å². The van der Waals surface area contributed by atoms with Gasteiger partial charge in [0.1, 0.15) is 11.9 Å². The van der Waals surface area contributed by atoms with Crippen molar-refractivity contribution >= 4 is 17.5 Å². The maximum atomic E-state index is 12.9. The van der Waals surface area contributed by atoms with Gasteiger partial charge in [0.2, 0.25) is 11.8 Å². The molecule has 0 aromatic heterocycles. The van der Waals surface area contributed by atoms with E-state index in [0.29, 0.717) is 19.6 Å². The molecule has 0 saturated carbocycles. The first-order chi connectivity index (χ1) is 8.99. The van der Waals surface area contributed by atoms with Crippen LogP contribution in [-0.4, -0.2) is 42.4 Å². The predicted molar refractivity (Wildman–Crippen MR) is 69.0 cm³/mol. The second-order valence-corrected chi connectivity index (χ2v) is 4.55. The molecule has 6 heteroatoms. The van der Waals surface area contributed by atoms with Gasteiger partial charge in [-0.15, -0.1) is 0 Å². The summed E-state index contributed by atoms with van der Waals surface area (Å²) in [5.41, 5.74) is 6.16. The Bertz CT molecular complexity index is 489. The van der Waals surface area contributed by atoms with E-state index in [9.17, 15) is 14.0 Å². The van der Waals surface area contributed by atoms with Crippen molar-refractivity contribution in [1.82, 2.24) is 4.90 Å². The highest BCUT2D eigenvalue weighted by molar-refractivity contribution is 5.86. The molecule has 1 saturated heterocycles. The summed E-state index contributed by atoms with van der Waals surface area (Å²) >= 11 is 0. The maximum Gasteiger partial charge on any atom is 0.242 e. The van der Waals surface area contributed by atoms with Crippen molar-refractivity contribution in [2.75, 3.05) is 24.5 Å². The van der Waals surface area contributed by atoms with Crippen molar-refractivity contribution in [3.05, 3.63) is 30.1 Å². The van der Waals surface area contributed by atoms with E-state index in [1.165, 1.54) is 24.0 Å². The lowest BCUT2D eigenvalue weighted by Crippen LogP contribution is -2.59. The molecule has 102 valence electrons. The predicted octanol–water partition coefficient (Wildman–Crippen LogP) is 0.348. The van der Waals surface area contributed by atoms with Gasteiger partial charge in [0.15, 0.2) is 0 Å². The monoisotopic (exact) mass is 265 g/mol. The van der Waals surface area contributed by atoms with Gasteiger partial charge in [-0.05, 0) is 24.3 Å². The van der Waals surface area contributed by atoms with Crippen LogP contribution in [0.3, 0.4) is 0 Å². The van der Waals surface area contributed by atoms with Crippen LogP contribution in [0.4, 0.5) is 10.1 Å². The Morgan fingerprint density at radius 2 is 1.89 bits per heavy atom. The summed E-state index contributed by atoms with van der Waals surface area (Å²) in [5, 5.41) is 0. The third kappa shape index (κ3) is 2.83. The first-order valence-corrected chi connectivity index (χ1v) is 6.06. The number of carbonyl (C=O) groups excluding carboxylic acids is 2. The van der Waals surface area contributed by atoms with Crippen molar-refractivity contribution in [1.29, 1.82) is 0 Å². The molecule has 1 fully saturated rings. The molecular weight excluding hydrogens is 249 g/mol. The van der Waals surface area contributed by atoms with Gasteiger partial charge in [0.25, 0.3) is 0 Å². The molecule has 5 nitrogen and oxygen atoms in total. The summed E-state index contributed by atoms with van der Waals surface area (Å²) in [6.45, 7) is 2.78. The zero-order valence-corrected chi connectivity index (χ0v) is 10.7. The van der Waals surface area contributed by atoms with E-state index in [-0.39, 0.29) is 11.7 Å². The van der Waals surface area contributed by atoms with Crippen molar-refractivity contribution in [2.45, 2.75) is 13.0 Å². The third-order valence-electron chi connectivity index (χ3n) is 3.31. The van der Waals surface area contributed by atoms with Crippen LogP contribution in [0.1, 0.15) is 6.92 Å². The molecule has 2 amide bonds. The van der Waals surface area contributed by atoms with Crippen molar-refractivity contribution in [2.24, 2.45) is 5.73 Å². The zero-order chi connectivity index (χ0) is 14.0. The fourth-order valence-electron chi connectivity index (χ4n) is 2.29. The van der Waals surface area contributed by atoms with E-state index in [1.807, 2.05) is 4.90 Å². The molecule has 0 unspecified atom stereocenters. The number of nitrogens with zero attached hydrogens (tertiary/aromatic N) is 2. The van der Waals surface area contributed by atoms with Gasteiger partial charge >= 0.3 is 0 Å². The molecule has 1 aliphatic rings. The molecule has 0 bridgehead atoms. The molecule has 0 aliphatic carbocycles. The number of anilines is 1. The summed E-state index contributed by atoms with van der Waals surface area (Å²) in [6.07, 6.45) is 0. The average molecular weight is 265 g/mol. The number of halogens is 1. The van der Waals surface area contributed by atoms with Crippen LogP contribution in [0.5, 0.6) is 0 Å². The van der Waals surface area contributed by atoms with E-state index >= 15 is 0 Å². The Morgan fingerprint density at radius 3 is 2.42 bits per heavy atom. The van der Waals surface area contributed by atoms with E-state index in [0.717, 1.165) is 5.69 Å². The fourth-order valence-corrected chi connectivity index (χ4v) is 2.29. The number of amides is 2. The van der Waals surface area contributed by atoms with Crippen LogP contribution in [0.15, 0.2) is 24.3 Å². The normalized spacial score (nSPS) is 19.4. The minimum absolute atomic E-state index is 0.164. The highest BCUT2D eigenvalue weighted by atomic mass is 19.1. The largest absolute Gasteiger partial charge is 0.368 e. The van der Waals surface area contributed by atoms with Crippen LogP contribution >= 0.6 is 0 Å². The van der Waals surface area contributed by atoms with Gasteiger partial charge in [0, 0.05) is 32.2 Å². The van der Waals surface area contributed by atoms with E-state index in [2.05, 4.69) is 0 Å². The number of primary amides is 1. The average Bonchev–Trinajstić information content (AvgIpc) is 2.38. The molecule has 1 aromatic rings. The SMILES string of the molecule is CC(=O)N1CCN(c2ccc(F)cc2)C[C@@H]1C(N)=O. The number of benzene rings is 1. The van der Waals surface area contributed by atoms with Crippen LogP contribution in [0, 0.1) is 5.82 Å². The summed E-state index contributed by atoms with van der Waals surface area (Å²) in [7, 11) is 0. The number of nitrogens with two attached hydrogens (primary N) is 1. The molecule has 2 N–H and O–H groups in total. The molecule has 1 aromatic carbocycles. The Morgan fingerprint density at radius 1 is 1.26 bits per heavy atom. The summed E-state index contributed by atoms with van der Waals surface area (Å²) < 4.78 is 12.9. The van der Waals surface area contributed by atoms with E-state index < -0.39 is 11.9 Å². The molecule has 1 atom stereocenters. The molecule has 1 heterocycles. The quantitative estimate of drug-likeness (QED) is 0.839. The Balaban J connectivity index is 2.17. The summed E-state index contributed by atoms with van der Waals surface area (Å²) in [6, 6.07) is 5.39. The number of piperazine rings is 1. The highest BCUT2D eigenvalue weighted by Crippen LogP contribution is 2.19. The molecule has 2 rings (SSSR count). The minimum atomic E-state index is -0.642. The van der Waals surface area contributed by atoms with Crippen LogP contribution in [0.2, 0.25) is 0 Å². The van der Waals surface area contributed by atoms with Crippen LogP contribution < -0.4 is 10.6 Å². The summed E-state index contributed by atoms with van der Waals surface area (Å²) in [5.74, 6) is -0.998. The highest BCUT2D eigenvalue weighted by Gasteiger charge is 2.32. The Hall–Kier alpha value is -2.11. The van der Waals surface area contributed by atoms with Gasteiger partial charge in [-0.3, -0.25) is 9.59 Å². The molecule has 1 aliphatic heterocycles. The van der Waals surface area contributed by atoms with Gasteiger partial charge in [-0.25, -0.2) is 4.39 Å². The number of carbonyl (C=O) groups is 2. The Kier molecular flexibility index (Phi) is 3.69. The maximum absolute atomic E-state index is 12.9. The second kappa shape index (κ2) is 5.26. The molecule has 0 radical (unpaired) electrons. The first-order valence-electron chi connectivity index (χ1n) is 6.06. The molecule has 19 heavy (non-hydrogen) atoms. The lowest BCUT2D eigenvalue weighted by atomic mass is 10.1. The lowest BCUT2D eigenvalue weighted by Gasteiger charge is -2.40. The van der Waals surface area contributed by atoms with Crippen molar-refractivity contribution in [3.63, 3.8) is 0 Å². The number of hydrogen-bond donors (Lipinski definition) is 1. The standard InChI is InChI=1S/C13H16FN3O2/c1-9(18)17-7-6-16(8-12(17)13(15)19)11-4-2-10(14)3-5-11/h2-5,12H,6-8H2,1H3,(H2,15,19)/t12-/m1/s1. The second-order valence-electron chi connectivity index (χ2n) is 4.55. The summed E-state index contributed by atoms with van der Waals surface area (Å²) in [4.78, 5) is 26.3. The van der Waals surface area contributed by atoms with E-state index in [1.54, 1.807) is 12.1 Å². The minimum Gasteiger partial charge on any atom is -0.368 e. The molecular formula is C13H16FN3O2. The Labute approximate surface area is 110 Å². The van der Waals surface area contributed by atoms with E-state index in [4.69, 9.17) is 5.73 Å². The third-order valence-corrected chi connectivity index (χ3v) is 3.31. The van der Waals surface area contributed by atoms with Gasteiger partial charge in [-0.1, -0.05) is 0 Å². The lowest BCUT2D eigenvalue weighted by molar-refractivity contribution is -0.138. The first kappa shape index (κ1) is 13.3. The van der Waals surface area contributed by atoms with Crippen molar-refractivity contribution in [3.8, 4) is 0 Å². The zero-order valence-electron chi connectivity index (χ0n) is 10.7. The molecule has 0 spiro atoms. The van der Waals surface area contributed by atoms with Crippen LogP contribution in [0.25, 0.3) is 0 Å². The van der Waals surface area contributed by atoms with Crippen molar-refractivity contribution < 1.29 is 14.0 Å². The smallest absolute Gasteiger partial charge is 0.242 e. The van der Waals surface area contributed by atoms with Crippen LogP contribution in [-0.2, 0) is 9.59 Å².